The average Bonchev–Trinajstić information content (AvgIpc) is 4.10. The quantitative estimate of drug-likeness (QED) is 0.0839. The Hall–Kier alpha value is 1.98. The van der Waals surface area contributed by atoms with Crippen molar-refractivity contribution in [2.45, 2.75) is 291 Å². The Labute approximate surface area is 416 Å². The van der Waals surface area contributed by atoms with Gasteiger partial charge in [-0.2, -0.15) is 0 Å². The van der Waals surface area contributed by atoms with Crippen molar-refractivity contribution in [1.82, 2.24) is 0 Å². The normalized spacial score (nSPS) is 43.1. The molecule has 0 aromatic heterocycles. The molecule has 7 aliphatic heterocycles. The number of rotatable bonds is 7. The topological polar surface area (TPSA) is 43.4 Å². The van der Waals surface area contributed by atoms with Gasteiger partial charge in [0.15, 0.2) is 0 Å². The predicted octanol–water partition coefficient (Wildman–Crippen LogP) is 18.3. The van der Waals surface area contributed by atoms with Gasteiger partial charge in [-0.25, -0.2) is 9.59 Å². The second-order valence-electron chi connectivity index (χ2n) is 22.1. The summed E-state index contributed by atoms with van der Waals surface area (Å²) in [7, 11) is 0.596. The Morgan fingerprint density at radius 3 is 0.828 bits per heavy atom. The molecule has 8 fully saturated rings. The number of ether oxygens (including phenoxy) is 1. The number of carbonyl (C=O) groups excluding carboxylic acids is 2. The Balaban J connectivity index is 0.000000229. The molecule has 9 aliphatic rings. The Bertz CT molecular complexity index is 1290. The van der Waals surface area contributed by atoms with E-state index in [1.807, 2.05) is 0 Å². The zero-order valence-electron chi connectivity index (χ0n) is 43.9. The van der Waals surface area contributed by atoms with Gasteiger partial charge in [-0.15, -0.1) is 15.8 Å². The molecule has 18 atom stereocenters. The molecule has 6 saturated heterocycles. The standard InChI is InChI=1S/C16H24O3P2.C14H28P2.2C11H21P.2CH3.Fe/c1-9-5-6-10(2)20(9)13-14(16(18)19-15(13)17)21-11(3)7-8-12(21)4;1-11-5-6-12(2)15(11)9-10-16-13(3)7-8-14(16)4;2*1-9-7-8-10(2)12(9)11-5-3-4-6-11;;;/h9-12H,5-8H2,1-4H3;11-14H,5-10H2,1-4H3;2*9-11H,3-8H2,1-2H3;2*1H3;/q;;;;2*-1;+2/t9-,10?,11-,12?,20?,21?;11-,12?,13-,14?,15?,16?;2*9-,10?,12?;;;/m1100.../s1. The SMILES string of the molecule is CC1CC[C@@H](C)P1C1=C(P2C(C)CC[C@H]2C)C(=O)OC1=O.CC1CC[C@@H](C)P1CCP1C(C)CC[C@H]1C.CC1CC[C@H](C)P1C1CCCC1.CC1CC[C@H](C)P1C1CCCC1.[CH3-].[CH3-].[Fe+2]. The minimum atomic E-state index is -0.528. The Morgan fingerprint density at radius 2 is 0.578 bits per heavy atom. The Kier molecular flexibility index (Phi) is 26.6. The van der Waals surface area contributed by atoms with Crippen molar-refractivity contribution < 1.29 is 31.4 Å². The van der Waals surface area contributed by atoms with E-state index < -0.39 is 15.8 Å². The Morgan fingerprint density at radius 1 is 0.359 bits per heavy atom. The van der Waals surface area contributed by atoms with E-state index in [0.29, 0.717) is 54.3 Å². The molecule has 0 aromatic rings. The van der Waals surface area contributed by atoms with Gasteiger partial charge in [-0.05, 0) is 194 Å². The van der Waals surface area contributed by atoms with Crippen LogP contribution in [0.15, 0.2) is 10.6 Å². The van der Waals surface area contributed by atoms with E-state index in [1.165, 1.54) is 114 Å². The second kappa shape index (κ2) is 28.3. The van der Waals surface area contributed by atoms with Crippen molar-refractivity contribution in [3.63, 3.8) is 0 Å². The number of hydrogen-bond donors (Lipinski definition) is 0. The predicted molar refractivity (Wildman–Crippen MR) is 296 cm³/mol. The minimum absolute atomic E-state index is 0. The van der Waals surface area contributed by atoms with Crippen LogP contribution in [-0.4, -0.2) is 103 Å². The summed E-state index contributed by atoms with van der Waals surface area (Å²) in [6, 6.07) is 0. The summed E-state index contributed by atoms with van der Waals surface area (Å²) in [5, 5.41) is 1.67. The molecule has 7 heterocycles. The van der Waals surface area contributed by atoms with Gasteiger partial charge in [0, 0.05) is 0 Å². The van der Waals surface area contributed by atoms with Crippen molar-refractivity contribution in [2.24, 2.45) is 0 Å². The molecule has 2 aliphatic carbocycles. The average molecular weight is 1040 g/mol. The molecular weight excluding hydrogens is 938 g/mol. The molecule has 0 spiro atoms. The molecule has 3 nitrogen and oxygen atoms in total. The van der Waals surface area contributed by atoms with Crippen LogP contribution in [0.2, 0.25) is 0 Å². The first-order chi connectivity index (χ1) is 29.1. The second-order valence-corrected chi connectivity index (χ2v) is 41.4. The summed E-state index contributed by atoms with van der Waals surface area (Å²) >= 11 is 0. The van der Waals surface area contributed by atoms with Crippen LogP contribution in [0.5, 0.6) is 0 Å². The first-order valence-electron chi connectivity index (χ1n) is 26.2. The minimum Gasteiger partial charge on any atom is -0.386 e. The molecule has 2 saturated carbocycles. The first kappa shape index (κ1) is 60.3. The summed E-state index contributed by atoms with van der Waals surface area (Å²) in [6.45, 7) is 29.1. The van der Waals surface area contributed by atoms with Gasteiger partial charge in [0.2, 0.25) is 0 Å². The number of cyclic esters (lactones) is 2. The van der Waals surface area contributed by atoms with Gasteiger partial charge in [0.25, 0.3) is 0 Å². The van der Waals surface area contributed by atoms with Crippen LogP contribution < -0.4 is 0 Å². The van der Waals surface area contributed by atoms with E-state index in [4.69, 9.17) is 4.74 Å². The van der Waals surface area contributed by atoms with Crippen molar-refractivity contribution in [3.8, 4) is 0 Å². The zero-order valence-corrected chi connectivity index (χ0v) is 50.4. The summed E-state index contributed by atoms with van der Waals surface area (Å²) in [4.78, 5) is 24.7. The smallest absolute Gasteiger partial charge is 0.386 e. The van der Waals surface area contributed by atoms with Gasteiger partial charge in [-0.1, -0.05) is 140 Å². The molecule has 372 valence electrons. The number of esters is 2. The number of carbonyl (C=O) groups is 2. The van der Waals surface area contributed by atoms with Gasteiger partial charge in [0.1, 0.15) is 0 Å². The maximum Gasteiger partial charge on any atom is 2.00 e. The van der Waals surface area contributed by atoms with E-state index in [9.17, 15) is 9.59 Å². The largest absolute Gasteiger partial charge is 2.00 e. The third-order valence-corrected chi connectivity index (χ3v) is 39.7. The maximum atomic E-state index is 12.4. The molecule has 0 bridgehead atoms. The third kappa shape index (κ3) is 14.8. The monoisotopic (exact) mass is 1040 g/mol. The van der Waals surface area contributed by atoms with E-state index in [-0.39, 0.29) is 43.9 Å². The van der Waals surface area contributed by atoms with Crippen LogP contribution >= 0.6 is 47.5 Å². The van der Waals surface area contributed by atoms with E-state index in [0.717, 1.165) is 55.9 Å². The molecule has 0 N–H and O–H groups in total. The fourth-order valence-corrected chi connectivity index (χ4v) is 36.7. The summed E-state index contributed by atoms with van der Waals surface area (Å²) in [5.74, 6) is -0.619. The van der Waals surface area contributed by atoms with Crippen LogP contribution in [-0.2, 0) is 31.4 Å². The van der Waals surface area contributed by atoms with Gasteiger partial charge >= 0.3 is 29.0 Å². The van der Waals surface area contributed by atoms with Crippen LogP contribution in [0.4, 0.5) is 0 Å². The van der Waals surface area contributed by atoms with E-state index in [2.05, 4.69) is 83.1 Å². The van der Waals surface area contributed by atoms with Gasteiger partial charge in [-0.3, -0.25) is 0 Å². The molecule has 64 heavy (non-hydrogen) atoms. The number of hydrogen-bond acceptors (Lipinski definition) is 3. The summed E-state index contributed by atoms with van der Waals surface area (Å²) in [6.07, 6.45) is 32.5. The van der Waals surface area contributed by atoms with E-state index >= 15 is 0 Å². The van der Waals surface area contributed by atoms with Crippen molar-refractivity contribution >= 4 is 59.5 Å². The van der Waals surface area contributed by atoms with Crippen LogP contribution in [0.25, 0.3) is 0 Å². The van der Waals surface area contributed by atoms with Gasteiger partial charge < -0.3 is 19.6 Å². The molecule has 0 amide bonds. The summed E-state index contributed by atoms with van der Waals surface area (Å²) in [5.41, 5.74) is 13.2. The van der Waals surface area contributed by atoms with Crippen molar-refractivity contribution in [2.75, 3.05) is 12.3 Å². The molecule has 10 heteroatoms. The zero-order chi connectivity index (χ0) is 44.1. The van der Waals surface area contributed by atoms with Crippen molar-refractivity contribution in [3.05, 3.63) is 25.5 Å². The van der Waals surface area contributed by atoms with Gasteiger partial charge in [0.05, 0.1) is 10.6 Å². The fourth-order valence-electron chi connectivity index (χ4n) is 14.0. The molecule has 0 aromatic carbocycles. The molecule has 0 radical (unpaired) electrons. The van der Waals surface area contributed by atoms with Crippen LogP contribution in [0, 0.1) is 14.9 Å². The third-order valence-electron chi connectivity index (χ3n) is 17.6. The van der Waals surface area contributed by atoms with Crippen LogP contribution in [0.1, 0.15) is 212 Å². The first-order valence-corrected chi connectivity index (χ1v) is 35.6. The molecule has 12 unspecified atom stereocenters. The van der Waals surface area contributed by atoms with Crippen molar-refractivity contribution in [1.29, 1.82) is 0 Å². The van der Waals surface area contributed by atoms with Crippen LogP contribution in [0.3, 0.4) is 0 Å². The van der Waals surface area contributed by atoms with E-state index in [1.54, 1.807) is 38.0 Å². The fraction of sp³-hybridized carbons (Fsp3) is 0.889. The molecule has 9 rings (SSSR count). The summed E-state index contributed by atoms with van der Waals surface area (Å²) < 4.78 is 5.09. The maximum absolute atomic E-state index is 12.4. The molecular formula is C54H100FeO3P6.